The van der Waals surface area contributed by atoms with E-state index in [9.17, 15) is 27.6 Å². The summed E-state index contributed by atoms with van der Waals surface area (Å²) in [5, 5.41) is 2.75. The van der Waals surface area contributed by atoms with E-state index in [4.69, 9.17) is 0 Å². The smallest absolute Gasteiger partial charge is 0.413 e. The number of aryl methyl sites for hydroxylation is 2. The molecule has 2 aromatic heterocycles. The van der Waals surface area contributed by atoms with Crippen molar-refractivity contribution < 1.29 is 22.7 Å². The molecule has 0 radical (unpaired) electrons. The maximum Gasteiger partial charge on any atom is 0.413 e. The lowest BCUT2D eigenvalue weighted by Gasteiger charge is -2.19. The summed E-state index contributed by atoms with van der Waals surface area (Å²) in [4.78, 5) is 44.4. The summed E-state index contributed by atoms with van der Waals surface area (Å²) in [6.07, 6.45) is -6.30. The van der Waals surface area contributed by atoms with Crippen LogP contribution in [0.2, 0.25) is 0 Å². The summed E-state index contributed by atoms with van der Waals surface area (Å²) >= 11 is 1.11. The van der Waals surface area contributed by atoms with Crippen molar-refractivity contribution in [3.05, 3.63) is 31.3 Å². The fraction of sp³-hybridized carbons (Fsp3) is 0.579. The van der Waals surface area contributed by atoms with Gasteiger partial charge in [0.15, 0.2) is 0 Å². The van der Waals surface area contributed by atoms with Gasteiger partial charge in [-0.2, -0.15) is 13.2 Å². The van der Waals surface area contributed by atoms with Gasteiger partial charge in [-0.3, -0.25) is 24.2 Å². The van der Waals surface area contributed by atoms with Crippen LogP contribution in [0.4, 0.5) is 18.0 Å². The average molecular weight is 475 g/mol. The summed E-state index contributed by atoms with van der Waals surface area (Å²) < 4.78 is 45.3. The molecule has 32 heavy (non-hydrogen) atoms. The molecule has 0 saturated heterocycles. The molecular weight excluding hydrogens is 451 g/mol. The Morgan fingerprint density at radius 2 is 2.00 bits per heavy atom. The topological polar surface area (TPSA) is 97.9 Å². The molecule has 0 unspecified atom stereocenters. The molecule has 0 aliphatic carbocycles. The van der Waals surface area contributed by atoms with Crippen LogP contribution in [-0.4, -0.2) is 52.5 Å². The molecule has 0 fully saturated rings. The van der Waals surface area contributed by atoms with E-state index >= 15 is 0 Å². The highest BCUT2D eigenvalue weighted by molar-refractivity contribution is 7.18. The molecule has 1 aliphatic heterocycles. The van der Waals surface area contributed by atoms with Crippen LogP contribution in [0.3, 0.4) is 0 Å². The van der Waals surface area contributed by atoms with Crippen LogP contribution in [0.25, 0.3) is 10.2 Å². The van der Waals surface area contributed by atoms with Gasteiger partial charge in [-0.05, 0) is 26.3 Å². The van der Waals surface area contributed by atoms with Crippen molar-refractivity contribution in [2.75, 3.05) is 20.2 Å². The van der Waals surface area contributed by atoms with Crippen LogP contribution in [-0.2, 0) is 17.8 Å². The monoisotopic (exact) mass is 475 g/mol. The molecule has 1 N–H and O–H groups in total. The number of aliphatic imine (C=N–C) groups is 1. The Morgan fingerprint density at radius 3 is 2.59 bits per heavy atom. The summed E-state index contributed by atoms with van der Waals surface area (Å²) in [5.74, 6) is 0.308. The minimum atomic E-state index is -4.44. The number of alkyl carbamates (subject to hydrolysis) is 1. The molecule has 0 atom stereocenters. The normalized spacial score (nSPS) is 14.4. The number of nitrogens with one attached hydrogen (secondary N) is 1. The lowest BCUT2D eigenvalue weighted by molar-refractivity contribution is -0.136. The number of guanidine groups is 1. The quantitative estimate of drug-likeness (QED) is 0.717. The van der Waals surface area contributed by atoms with Crippen LogP contribution in [0.1, 0.15) is 36.8 Å². The minimum Gasteiger partial charge on any atom is -0.453 e. The van der Waals surface area contributed by atoms with E-state index in [0.29, 0.717) is 29.5 Å². The number of alkyl halides is 3. The first-order valence-corrected chi connectivity index (χ1v) is 10.7. The number of amides is 1. The van der Waals surface area contributed by atoms with E-state index in [2.05, 4.69) is 15.0 Å². The van der Waals surface area contributed by atoms with Gasteiger partial charge in [0, 0.05) is 24.0 Å². The van der Waals surface area contributed by atoms with Crippen molar-refractivity contribution in [2.45, 2.75) is 52.5 Å². The van der Waals surface area contributed by atoms with Crippen molar-refractivity contribution in [3.8, 4) is 0 Å². The van der Waals surface area contributed by atoms with Crippen LogP contribution in [0.15, 0.2) is 14.6 Å². The molecule has 1 aliphatic rings. The first-order chi connectivity index (χ1) is 14.9. The van der Waals surface area contributed by atoms with Gasteiger partial charge in [0.05, 0.1) is 32.0 Å². The lowest BCUT2D eigenvalue weighted by atomic mass is 10.2. The van der Waals surface area contributed by atoms with Gasteiger partial charge in [-0.1, -0.05) is 0 Å². The van der Waals surface area contributed by atoms with Gasteiger partial charge >= 0.3 is 18.0 Å². The number of fused-ring (bicyclic) bond motifs is 1. The summed E-state index contributed by atoms with van der Waals surface area (Å²) in [6.45, 7) is 5.62. The highest BCUT2D eigenvalue weighted by Crippen LogP contribution is 2.30. The Morgan fingerprint density at radius 1 is 1.31 bits per heavy atom. The molecule has 0 aromatic carbocycles. The third-order valence-electron chi connectivity index (χ3n) is 5.14. The van der Waals surface area contributed by atoms with Gasteiger partial charge in [-0.25, -0.2) is 9.59 Å². The second-order valence-corrected chi connectivity index (χ2v) is 8.73. The first kappa shape index (κ1) is 23.8. The Hall–Kier alpha value is -2.83. The van der Waals surface area contributed by atoms with Gasteiger partial charge in [-0.15, -0.1) is 11.3 Å². The number of thiophene rings is 1. The second-order valence-electron chi connectivity index (χ2n) is 7.64. The van der Waals surface area contributed by atoms with Crippen molar-refractivity contribution in [1.29, 1.82) is 0 Å². The van der Waals surface area contributed by atoms with Crippen molar-refractivity contribution in [3.63, 3.8) is 0 Å². The maximum atomic E-state index is 13.1. The molecule has 0 spiro atoms. The van der Waals surface area contributed by atoms with Crippen molar-refractivity contribution in [2.24, 2.45) is 4.99 Å². The Bertz CT molecular complexity index is 1180. The number of nitrogens with zero attached hydrogens (tertiary/aromatic N) is 4. The zero-order chi connectivity index (χ0) is 23.8. The SMILES string of the molecule is COC(=O)NC1=NCCN1Cc1sc2c(c1C)c(=O)n(C(C)C)c(=O)n2CCC(F)(F)F. The van der Waals surface area contributed by atoms with Crippen LogP contribution in [0, 0.1) is 6.92 Å². The number of hydrogen-bond acceptors (Lipinski definition) is 7. The molecule has 3 rings (SSSR count). The Balaban J connectivity index is 2.09. The van der Waals surface area contributed by atoms with E-state index < -0.39 is 42.5 Å². The molecule has 2 aromatic rings. The summed E-state index contributed by atoms with van der Waals surface area (Å²) in [6, 6.07) is -0.513. The molecule has 3 heterocycles. The first-order valence-electron chi connectivity index (χ1n) is 9.93. The van der Waals surface area contributed by atoms with E-state index in [0.717, 1.165) is 20.5 Å². The number of hydrogen-bond donors (Lipinski definition) is 1. The fourth-order valence-corrected chi connectivity index (χ4v) is 4.85. The predicted molar refractivity (Wildman–Crippen MR) is 114 cm³/mol. The van der Waals surface area contributed by atoms with E-state index in [1.54, 1.807) is 25.7 Å². The van der Waals surface area contributed by atoms with Crippen LogP contribution >= 0.6 is 11.3 Å². The largest absolute Gasteiger partial charge is 0.453 e. The third-order valence-corrected chi connectivity index (χ3v) is 6.44. The van der Waals surface area contributed by atoms with Crippen molar-refractivity contribution >= 4 is 33.6 Å². The van der Waals surface area contributed by atoms with Gasteiger partial charge < -0.3 is 9.64 Å². The zero-order valence-electron chi connectivity index (χ0n) is 18.1. The number of carbonyl (C=O) groups is 1. The average Bonchev–Trinajstić information content (AvgIpc) is 3.25. The van der Waals surface area contributed by atoms with E-state index in [1.807, 2.05) is 0 Å². The maximum absolute atomic E-state index is 13.1. The number of halogens is 3. The van der Waals surface area contributed by atoms with Crippen LogP contribution < -0.4 is 16.6 Å². The Kier molecular flexibility index (Phi) is 6.67. The fourth-order valence-electron chi connectivity index (χ4n) is 3.52. The van der Waals surface area contributed by atoms with Gasteiger partial charge in [0.25, 0.3) is 5.56 Å². The highest BCUT2D eigenvalue weighted by Gasteiger charge is 2.29. The van der Waals surface area contributed by atoms with Gasteiger partial charge in [0.1, 0.15) is 4.83 Å². The molecule has 1 amide bonds. The summed E-state index contributed by atoms with van der Waals surface area (Å²) in [7, 11) is 1.23. The molecule has 176 valence electrons. The van der Waals surface area contributed by atoms with Gasteiger partial charge in [0.2, 0.25) is 5.96 Å². The second kappa shape index (κ2) is 8.96. The third kappa shape index (κ3) is 4.66. The number of ether oxygens (including phenoxy) is 1. The van der Waals surface area contributed by atoms with Crippen LogP contribution in [0.5, 0.6) is 0 Å². The van der Waals surface area contributed by atoms with E-state index in [1.165, 1.54) is 7.11 Å². The molecule has 9 nitrogen and oxygen atoms in total. The number of aromatic nitrogens is 2. The lowest BCUT2D eigenvalue weighted by Crippen LogP contribution is -2.41. The standard InChI is InChI=1S/C19H24F3N5O4S/c1-10(2)27-14(28)13-11(3)12(9-25-8-6-23-16(25)24-17(29)31-4)32-15(13)26(18(27)30)7-5-19(20,21)22/h10H,5-9H2,1-4H3,(H,23,24,29). The van der Waals surface area contributed by atoms with Crippen molar-refractivity contribution in [1.82, 2.24) is 19.4 Å². The summed E-state index contributed by atoms with van der Waals surface area (Å²) in [5.41, 5.74) is -0.689. The molecule has 0 bridgehead atoms. The number of carbonyl (C=O) groups excluding carboxylic acids is 1. The van der Waals surface area contributed by atoms with E-state index in [-0.39, 0.29) is 16.8 Å². The highest BCUT2D eigenvalue weighted by atomic mass is 32.1. The molecule has 13 heteroatoms. The Labute approximate surface area is 185 Å². The number of rotatable bonds is 5. The number of methoxy groups -OCH3 is 1. The molecular formula is C19H24F3N5O4S. The zero-order valence-corrected chi connectivity index (χ0v) is 18.9. The predicted octanol–water partition coefficient (Wildman–Crippen LogP) is 2.59. The molecule has 0 saturated carbocycles. The minimum absolute atomic E-state index is 0.215.